The Labute approximate surface area is 168 Å². The van der Waals surface area contributed by atoms with E-state index in [1.807, 2.05) is 0 Å². The van der Waals surface area contributed by atoms with Gasteiger partial charge in [-0.1, -0.05) is 19.3 Å². The quantitative estimate of drug-likeness (QED) is 0.310. The number of esters is 1. The standard InChI is InChI=1S/C20H24N2O7/c1-13(20(24)21(2)15-6-4-3-5-7-15)29-19(23)9-8-14-10-17-18(28-12-27-17)11-16(14)22(25)26/h8-11,13,15H,3-7,12H2,1-2H3/b9-8+/t13-/m1/s1. The van der Waals surface area contributed by atoms with Crippen LogP contribution >= 0.6 is 0 Å². The minimum absolute atomic E-state index is 0.0180. The molecule has 9 nitrogen and oxygen atoms in total. The van der Waals surface area contributed by atoms with Gasteiger partial charge in [0.2, 0.25) is 6.79 Å². The number of benzene rings is 1. The van der Waals surface area contributed by atoms with Crippen molar-refractivity contribution in [1.82, 2.24) is 4.90 Å². The van der Waals surface area contributed by atoms with E-state index in [4.69, 9.17) is 14.2 Å². The molecule has 0 aromatic heterocycles. The lowest BCUT2D eigenvalue weighted by molar-refractivity contribution is -0.385. The molecule has 2 aliphatic rings. The molecule has 1 saturated carbocycles. The van der Waals surface area contributed by atoms with Crippen LogP contribution in [-0.2, 0) is 14.3 Å². The lowest BCUT2D eigenvalue weighted by Crippen LogP contribution is -2.44. The first-order chi connectivity index (χ1) is 13.9. The van der Waals surface area contributed by atoms with Crippen LogP contribution < -0.4 is 9.47 Å². The van der Waals surface area contributed by atoms with Crippen LogP contribution in [0.4, 0.5) is 5.69 Å². The lowest BCUT2D eigenvalue weighted by Gasteiger charge is -2.32. The van der Waals surface area contributed by atoms with Gasteiger partial charge in [0.1, 0.15) is 0 Å². The average molecular weight is 404 g/mol. The molecular formula is C20H24N2O7. The lowest BCUT2D eigenvalue weighted by atomic mass is 9.94. The molecule has 0 spiro atoms. The number of nitro groups is 1. The molecule has 0 saturated heterocycles. The number of ether oxygens (including phenoxy) is 3. The number of carbonyl (C=O) groups is 2. The SMILES string of the molecule is C[C@@H](OC(=O)/C=C/c1cc2c(cc1[N+](=O)[O-])OCO2)C(=O)N(C)C1CCCCC1. The molecule has 0 N–H and O–H groups in total. The molecule has 9 heteroatoms. The second kappa shape index (κ2) is 8.93. The summed E-state index contributed by atoms with van der Waals surface area (Å²) in [7, 11) is 1.73. The fourth-order valence-electron chi connectivity index (χ4n) is 3.60. The highest BCUT2D eigenvalue weighted by Crippen LogP contribution is 2.38. The van der Waals surface area contributed by atoms with E-state index in [0.29, 0.717) is 5.75 Å². The minimum Gasteiger partial charge on any atom is -0.454 e. The third kappa shape index (κ3) is 4.85. The molecular weight excluding hydrogens is 380 g/mol. The summed E-state index contributed by atoms with van der Waals surface area (Å²) in [5.74, 6) is -0.370. The second-order valence-corrected chi connectivity index (χ2v) is 7.17. The fourth-order valence-corrected chi connectivity index (χ4v) is 3.60. The van der Waals surface area contributed by atoms with Crippen LogP contribution in [0.25, 0.3) is 6.08 Å². The number of likely N-dealkylation sites (N-methyl/N-ethyl adjacent to an activating group) is 1. The number of carbonyl (C=O) groups excluding carboxylic acids is 2. The number of nitro benzene ring substituents is 1. The van der Waals surface area contributed by atoms with Crippen LogP contribution in [0, 0.1) is 10.1 Å². The van der Waals surface area contributed by atoms with Gasteiger partial charge in [-0.25, -0.2) is 4.79 Å². The molecule has 0 unspecified atom stereocenters. The molecule has 3 rings (SSSR count). The van der Waals surface area contributed by atoms with E-state index in [1.165, 1.54) is 31.6 Å². The largest absolute Gasteiger partial charge is 0.454 e. The van der Waals surface area contributed by atoms with Crippen molar-refractivity contribution in [1.29, 1.82) is 0 Å². The van der Waals surface area contributed by atoms with E-state index < -0.39 is 17.0 Å². The zero-order chi connectivity index (χ0) is 21.0. The first kappa shape index (κ1) is 20.6. The fraction of sp³-hybridized carbons (Fsp3) is 0.500. The van der Waals surface area contributed by atoms with E-state index in [-0.39, 0.29) is 35.7 Å². The van der Waals surface area contributed by atoms with Gasteiger partial charge in [0.05, 0.1) is 16.6 Å². The summed E-state index contributed by atoms with van der Waals surface area (Å²) in [6.45, 7) is 1.51. The Kier molecular flexibility index (Phi) is 6.36. The zero-order valence-corrected chi connectivity index (χ0v) is 16.5. The van der Waals surface area contributed by atoms with Crippen LogP contribution in [0.5, 0.6) is 11.5 Å². The molecule has 1 amide bonds. The van der Waals surface area contributed by atoms with Crippen molar-refractivity contribution < 1.29 is 28.7 Å². The van der Waals surface area contributed by atoms with Crippen LogP contribution in [0.15, 0.2) is 18.2 Å². The summed E-state index contributed by atoms with van der Waals surface area (Å²) in [4.78, 5) is 37.0. The highest BCUT2D eigenvalue weighted by atomic mass is 16.7. The van der Waals surface area contributed by atoms with Gasteiger partial charge < -0.3 is 19.1 Å². The van der Waals surface area contributed by atoms with Gasteiger partial charge in [0, 0.05) is 19.2 Å². The third-order valence-electron chi connectivity index (χ3n) is 5.23. The topological polar surface area (TPSA) is 108 Å². The van der Waals surface area contributed by atoms with Gasteiger partial charge in [0.15, 0.2) is 17.6 Å². The Bertz CT molecular complexity index is 830. The van der Waals surface area contributed by atoms with Crippen LogP contribution in [-0.4, -0.2) is 47.7 Å². The van der Waals surface area contributed by atoms with E-state index in [1.54, 1.807) is 11.9 Å². The van der Waals surface area contributed by atoms with E-state index in [2.05, 4.69) is 0 Å². The van der Waals surface area contributed by atoms with Crippen molar-refractivity contribution >= 4 is 23.6 Å². The number of amides is 1. The molecule has 29 heavy (non-hydrogen) atoms. The normalized spacial score (nSPS) is 17.2. The first-order valence-electron chi connectivity index (χ1n) is 9.60. The summed E-state index contributed by atoms with van der Waals surface area (Å²) < 4.78 is 15.5. The third-order valence-corrected chi connectivity index (χ3v) is 5.23. The molecule has 0 radical (unpaired) electrons. The predicted molar refractivity (Wildman–Crippen MR) is 103 cm³/mol. The molecule has 1 aliphatic heterocycles. The maximum absolute atomic E-state index is 12.5. The number of hydrogen-bond donors (Lipinski definition) is 0. The maximum Gasteiger partial charge on any atom is 0.331 e. The predicted octanol–water partition coefficient (Wildman–Crippen LogP) is 3.06. The van der Waals surface area contributed by atoms with Gasteiger partial charge in [-0.05, 0) is 31.9 Å². The van der Waals surface area contributed by atoms with E-state index in [0.717, 1.165) is 31.8 Å². The van der Waals surface area contributed by atoms with Crippen molar-refractivity contribution in [2.45, 2.75) is 51.2 Å². The number of nitrogens with zero attached hydrogens (tertiary/aromatic N) is 2. The maximum atomic E-state index is 12.5. The Hall–Kier alpha value is -3.10. The Balaban J connectivity index is 1.63. The highest BCUT2D eigenvalue weighted by Gasteiger charge is 2.27. The smallest absolute Gasteiger partial charge is 0.331 e. The van der Waals surface area contributed by atoms with Crippen molar-refractivity contribution in [3.63, 3.8) is 0 Å². The Morgan fingerprint density at radius 3 is 2.55 bits per heavy atom. The average Bonchev–Trinajstić information content (AvgIpc) is 3.18. The van der Waals surface area contributed by atoms with Gasteiger partial charge in [-0.3, -0.25) is 14.9 Å². The zero-order valence-electron chi connectivity index (χ0n) is 16.5. The van der Waals surface area contributed by atoms with Gasteiger partial charge in [-0.15, -0.1) is 0 Å². The van der Waals surface area contributed by atoms with Crippen molar-refractivity contribution in [2.75, 3.05) is 13.8 Å². The van der Waals surface area contributed by atoms with Crippen molar-refractivity contribution in [2.24, 2.45) is 0 Å². The van der Waals surface area contributed by atoms with Gasteiger partial charge >= 0.3 is 5.97 Å². The molecule has 1 fully saturated rings. The summed E-state index contributed by atoms with van der Waals surface area (Å²) in [6, 6.07) is 2.85. The van der Waals surface area contributed by atoms with Crippen molar-refractivity contribution in [3.05, 3.63) is 33.9 Å². The molecule has 1 heterocycles. The summed E-state index contributed by atoms with van der Waals surface area (Å²) >= 11 is 0. The number of fused-ring (bicyclic) bond motifs is 1. The van der Waals surface area contributed by atoms with E-state index in [9.17, 15) is 19.7 Å². The summed E-state index contributed by atoms with van der Waals surface area (Å²) in [5, 5.41) is 11.3. The second-order valence-electron chi connectivity index (χ2n) is 7.17. The highest BCUT2D eigenvalue weighted by molar-refractivity contribution is 5.91. The first-order valence-corrected chi connectivity index (χ1v) is 9.60. The number of hydrogen-bond acceptors (Lipinski definition) is 7. The Morgan fingerprint density at radius 1 is 1.24 bits per heavy atom. The Morgan fingerprint density at radius 2 is 1.90 bits per heavy atom. The van der Waals surface area contributed by atoms with Crippen LogP contribution in [0.2, 0.25) is 0 Å². The summed E-state index contributed by atoms with van der Waals surface area (Å²) in [6.07, 6.45) is 6.67. The summed E-state index contributed by atoms with van der Waals surface area (Å²) in [5.41, 5.74) is -0.0473. The monoisotopic (exact) mass is 404 g/mol. The van der Waals surface area contributed by atoms with Gasteiger partial charge in [0.25, 0.3) is 11.6 Å². The van der Waals surface area contributed by atoms with Crippen LogP contribution in [0.1, 0.15) is 44.6 Å². The number of rotatable bonds is 6. The molecule has 0 bridgehead atoms. The molecule has 1 atom stereocenters. The van der Waals surface area contributed by atoms with Crippen LogP contribution in [0.3, 0.4) is 0 Å². The molecule has 156 valence electrons. The minimum atomic E-state index is -0.939. The van der Waals surface area contributed by atoms with Crippen molar-refractivity contribution in [3.8, 4) is 11.5 Å². The van der Waals surface area contributed by atoms with Gasteiger partial charge in [-0.2, -0.15) is 0 Å². The molecule has 1 aromatic rings. The molecule has 1 aliphatic carbocycles. The van der Waals surface area contributed by atoms with E-state index >= 15 is 0 Å². The molecule has 1 aromatic carbocycles.